The summed E-state index contributed by atoms with van der Waals surface area (Å²) < 4.78 is 25.2. The fourth-order valence-corrected chi connectivity index (χ4v) is 3.53. The molecule has 1 unspecified atom stereocenters. The van der Waals surface area contributed by atoms with Crippen molar-refractivity contribution in [2.75, 3.05) is 26.9 Å². The molecule has 1 atom stereocenters. The molecule has 0 saturated carbocycles. The molecule has 0 bridgehead atoms. The van der Waals surface area contributed by atoms with Gasteiger partial charge in [-0.2, -0.15) is 0 Å². The van der Waals surface area contributed by atoms with E-state index in [-0.39, 0.29) is 17.3 Å². The summed E-state index contributed by atoms with van der Waals surface area (Å²) >= 11 is 1.61. The molecule has 0 heterocycles. The van der Waals surface area contributed by atoms with Crippen LogP contribution in [-0.2, 0) is 10.0 Å². The molecule has 2 aromatic carbocycles. The molecule has 1 amide bonds. The van der Waals surface area contributed by atoms with Gasteiger partial charge in [-0.1, -0.05) is 12.1 Å². The number of aliphatic hydroxyl groups excluding tert-OH is 1. The van der Waals surface area contributed by atoms with Gasteiger partial charge in [-0.15, -0.1) is 11.8 Å². The summed E-state index contributed by atoms with van der Waals surface area (Å²) in [6, 6.07) is 13.2. The summed E-state index contributed by atoms with van der Waals surface area (Å²) in [5.41, 5.74) is 1.04. The largest absolute Gasteiger partial charge is 0.387 e. The van der Waals surface area contributed by atoms with Gasteiger partial charge in [-0.25, -0.2) is 12.7 Å². The number of amides is 1. The topological polar surface area (TPSA) is 86.7 Å². The summed E-state index contributed by atoms with van der Waals surface area (Å²) in [7, 11) is -0.632. The molecule has 6 nitrogen and oxygen atoms in total. The summed E-state index contributed by atoms with van der Waals surface area (Å²) in [6.07, 6.45) is 1.16. The van der Waals surface area contributed by atoms with Gasteiger partial charge in [0, 0.05) is 31.1 Å². The molecule has 0 radical (unpaired) electrons. The van der Waals surface area contributed by atoms with Gasteiger partial charge in [-0.3, -0.25) is 4.79 Å². The van der Waals surface area contributed by atoms with Crippen LogP contribution in [0.3, 0.4) is 0 Å². The molecule has 2 aromatic rings. The Hall–Kier alpha value is -1.87. The molecule has 140 valence electrons. The maximum atomic E-state index is 12.2. The number of benzene rings is 2. The van der Waals surface area contributed by atoms with Crippen molar-refractivity contribution in [2.45, 2.75) is 15.9 Å². The van der Waals surface area contributed by atoms with E-state index in [2.05, 4.69) is 5.32 Å². The zero-order valence-corrected chi connectivity index (χ0v) is 16.5. The number of nitrogens with zero attached hydrogens (tertiary/aromatic N) is 1. The number of nitrogens with one attached hydrogen (secondary N) is 1. The van der Waals surface area contributed by atoms with Crippen LogP contribution in [0.2, 0.25) is 0 Å². The van der Waals surface area contributed by atoms with E-state index >= 15 is 0 Å². The van der Waals surface area contributed by atoms with Gasteiger partial charge in [0.15, 0.2) is 0 Å². The van der Waals surface area contributed by atoms with Crippen LogP contribution in [0.1, 0.15) is 22.0 Å². The van der Waals surface area contributed by atoms with E-state index in [1.54, 1.807) is 11.8 Å². The Kier molecular flexibility index (Phi) is 6.82. The second-order valence-corrected chi connectivity index (χ2v) is 8.84. The molecule has 0 spiro atoms. The van der Waals surface area contributed by atoms with Crippen LogP contribution in [0.15, 0.2) is 58.3 Å². The Morgan fingerprint density at radius 2 is 1.69 bits per heavy atom. The van der Waals surface area contributed by atoms with Crippen molar-refractivity contribution in [1.29, 1.82) is 0 Å². The van der Waals surface area contributed by atoms with Crippen molar-refractivity contribution < 1.29 is 18.3 Å². The van der Waals surface area contributed by atoms with Gasteiger partial charge in [0.05, 0.1) is 11.0 Å². The molecule has 0 saturated heterocycles. The SMILES string of the molecule is CSc1ccc(C(O)CNC(=O)c2ccc(S(=O)(=O)N(C)C)cc2)cc1. The van der Waals surface area contributed by atoms with E-state index in [1.807, 2.05) is 30.5 Å². The quantitative estimate of drug-likeness (QED) is 0.703. The van der Waals surface area contributed by atoms with Gasteiger partial charge in [0.2, 0.25) is 10.0 Å². The van der Waals surface area contributed by atoms with Crippen LogP contribution in [0.5, 0.6) is 0 Å². The van der Waals surface area contributed by atoms with Gasteiger partial charge >= 0.3 is 0 Å². The first kappa shape index (κ1) is 20.4. The predicted octanol–water partition coefficient (Wildman–Crippen LogP) is 2.12. The van der Waals surface area contributed by atoms with E-state index in [0.717, 1.165) is 14.8 Å². The number of rotatable bonds is 7. The fourth-order valence-electron chi connectivity index (χ4n) is 2.22. The van der Waals surface area contributed by atoms with Crippen LogP contribution in [0.4, 0.5) is 0 Å². The van der Waals surface area contributed by atoms with E-state index in [1.165, 1.54) is 38.4 Å². The standard InChI is InChI=1S/C18H22N2O4S2/c1-20(2)26(23,24)16-10-6-14(7-11-16)18(22)19-12-17(21)13-4-8-15(25-3)9-5-13/h4-11,17,21H,12H2,1-3H3,(H,19,22). The van der Waals surface area contributed by atoms with E-state index in [4.69, 9.17) is 0 Å². The van der Waals surface area contributed by atoms with Crippen molar-refractivity contribution >= 4 is 27.7 Å². The minimum atomic E-state index is -3.53. The minimum Gasteiger partial charge on any atom is -0.387 e. The zero-order valence-electron chi connectivity index (χ0n) is 14.8. The first-order valence-corrected chi connectivity index (χ1v) is 10.5. The number of hydrogen-bond donors (Lipinski definition) is 2. The van der Waals surface area contributed by atoms with Crippen molar-refractivity contribution in [3.63, 3.8) is 0 Å². The molecule has 26 heavy (non-hydrogen) atoms. The summed E-state index contributed by atoms with van der Waals surface area (Å²) in [4.78, 5) is 13.4. The number of hydrogen-bond acceptors (Lipinski definition) is 5. The molecule has 0 aliphatic carbocycles. The molecule has 0 aromatic heterocycles. The Labute approximate surface area is 158 Å². The average Bonchev–Trinajstić information content (AvgIpc) is 2.65. The molecule has 0 aliphatic rings. The lowest BCUT2D eigenvalue weighted by Gasteiger charge is -2.14. The highest BCUT2D eigenvalue weighted by Gasteiger charge is 2.18. The highest BCUT2D eigenvalue weighted by Crippen LogP contribution is 2.19. The Balaban J connectivity index is 1.99. The fraction of sp³-hybridized carbons (Fsp3) is 0.278. The van der Waals surface area contributed by atoms with Crippen molar-refractivity contribution in [2.24, 2.45) is 0 Å². The molecular formula is C18H22N2O4S2. The van der Waals surface area contributed by atoms with Crippen molar-refractivity contribution in [1.82, 2.24) is 9.62 Å². The lowest BCUT2D eigenvalue weighted by molar-refractivity contribution is 0.0916. The third-order valence-electron chi connectivity index (χ3n) is 3.85. The predicted molar refractivity (Wildman–Crippen MR) is 103 cm³/mol. The van der Waals surface area contributed by atoms with Gasteiger partial charge in [0.25, 0.3) is 5.91 Å². The minimum absolute atomic E-state index is 0.0647. The second-order valence-electron chi connectivity index (χ2n) is 5.81. The van der Waals surface area contributed by atoms with Crippen molar-refractivity contribution in [3.8, 4) is 0 Å². The highest BCUT2D eigenvalue weighted by atomic mass is 32.2. The first-order valence-electron chi connectivity index (χ1n) is 7.88. The Morgan fingerprint density at radius 1 is 1.12 bits per heavy atom. The molecule has 0 aliphatic heterocycles. The maximum absolute atomic E-state index is 12.2. The molecule has 0 fully saturated rings. The van der Waals surface area contributed by atoms with Crippen LogP contribution < -0.4 is 5.32 Å². The smallest absolute Gasteiger partial charge is 0.251 e. The third kappa shape index (κ3) is 4.85. The summed E-state index contributed by atoms with van der Waals surface area (Å²) in [5.74, 6) is -0.376. The monoisotopic (exact) mass is 394 g/mol. The molecule has 8 heteroatoms. The normalized spacial score (nSPS) is 12.8. The van der Waals surface area contributed by atoms with Crippen molar-refractivity contribution in [3.05, 3.63) is 59.7 Å². The lowest BCUT2D eigenvalue weighted by atomic mass is 10.1. The summed E-state index contributed by atoms with van der Waals surface area (Å²) in [5, 5.41) is 12.8. The number of carbonyl (C=O) groups excluding carboxylic acids is 1. The van der Waals surface area contributed by atoms with Gasteiger partial charge < -0.3 is 10.4 Å². The van der Waals surface area contributed by atoms with Crippen LogP contribution in [0.25, 0.3) is 0 Å². The van der Waals surface area contributed by atoms with E-state index < -0.39 is 16.1 Å². The Morgan fingerprint density at radius 3 is 2.19 bits per heavy atom. The lowest BCUT2D eigenvalue weighted by Crippen LogP contribution is -2.28. The van der Waals surface area contributed by atoms with Gasteiger partial charge in [0.1, 0.15) is 0 Å². The van der Waals surface area contributed by atoms with Gasteiger partial charge in [-0.05, 0) is 48.2 Å². The highest BCUT2D eigenvalue weighted by molar-refractivity contribution is 7.98. The van der Waals surface area contributed by atoms with Crippen LogP contribution >= 0.6 is 11.8 Å². The van der Waals surface area contributed by atoms with E-state index in [0.29, 0.717) is 5.56 Å². The molecular weight excluding hydrogens is 372 g/mol. The summed E-state index contributed by atoms with van der Waals surface area (Å²) in [6.45, 7) is 0.0647. The van der Waals surface area contributed by atoms with Crippen LogP contribution in [0, 0.1) is 0 Å². The first-order chi connectivity index (χ1) is 12.3. The number of carbonyl (C=O) groups is 1. The third-order valence-corrected chi connectivity index (χ3v) is 6.42. The maximum Gasteiger partial charge on any atom is 0.251 e. The molecule has 2 N–H and O–H groups in total. The number of sulfonamides is 1. The molecule has 2 rings (SSSR count). The Bertz CT molecular complexity index is 848. The second kappa shape index (κ2) is 8.68. The number of aliphatic hydroxyl groups is 1. The zero-order chi connectivity index (χ0) is 19.3. The van der Waals surface area contributed by atoms with E-state index in [9.17, 15) is 18.3 Å². The average molecular weight is 395 g/mol. The van der Waals surface area contributed by atoms with Crippen LogP contribution in [-0.4, -0.2) is 50.6 Å². The number of thioether (sulfide) groups is 1.